The van der Waals surface area contributed by atoms with Gasteiger partial charge >= 0.3 is 0 Å². The molecule has 0 aromatic heterocycles. The molecule has 2 N–H and O–H groups in total. The van der Waals surface area contributed by atoms with E-state index in [4.69, 9.17) is 5.73 Å². The standard InChI is InChI=1S/C17H28N2O/c1-3-5-14-19(17(20)12-9-13-18)16(4-2)15-10-7-6-8-11-15/h6-8,10-11,16H,3-5,9,12-14,18H2,1-2H3. The fourth-order valence-corrected chi connectivity index (χ4v) is 2.49. The Labute approximate surface area is 123 Å². The van der Waals surface area contributed by atoms with Crippen LogP contribution in [0.5, 0.6) is 0 Å². The predicted molar refractivity (Wildman–Crippen MR) is 84.4 cm³/mol. The number of nitrogens with two attached hydrogens (primary N) is 1. The Morgan fingerprint density at radius 3 is 2.45 bits per heavy atom. The summed E-state index contributed by atoms with van der Waals surface area (Å²) < 4.78 is 0. The normalized spacial score (nSPS) is 12.2. The quantitative estimate of drug-likeness (QED) is 0.750. The number of hydrogen-bond acceptors (Lipinski definition) is 2. The zero-order valence-electron chi connectivity index (χ0n) is 12.8. The zero-order chi connectivity index (χ0) is 14.8. The van der Waals surface area contributed by atoms with Gasteiger partial charge in [0.1, 0.15) is 0 Å². The topological polar surface area (TPSA) is 46.3 Å². The molecular formula is C17H28N2O. The molecule has 0 aliphatic heterocycles. The van der Waals surface area contributed by atoms with Gasteiger partial charge in [0.2, 0.25) is 5.91 Å². The first-order chi connectivity index (χ1) is 9.74. The third kappa shape index (κ3) is 4.97. The first-order valence-electron chi connectivity index (χ1n) is 7.79. The van der Waals surface area contributed by atoms with Gasteiger partial charge in [-0.05, 0) is 31.4 Å². The molecule has 0 aliphatic rings. The molecule has 1 aromatic rings. The van der Waals surface area contributed by atoms with Gasteiger partial charge in [-0.25, -0.2) is 0 Å². The average molecular weight is 276 g/mol. The van der Waals surface area contributed by atoms with Gasteiger partial charge in [0.05, 0.1) is 6.04 Å². The summed E-state index contributed by atoms with van der Waals surface area (Å²) in [5.41, 5.74) is 6.75. The van der Waals surface area contributed by atoms with Crippen molar-refractivity contribution in [1.29, 1.82) is 0 Å². The second kappa shape index (κ2) is 9.54. The minimum atomic E-state index is 0.188. The van der Waals surface area contributed by atoms with Crippen molar-refractivity contribution in [1.82, 2.24) is 4.90 Å². The molecule has 1 unspecified atom stereocenters. The fraction of sp³-hybridized carbons (Fsp3) is 0.588. The van der Waals surface area contributed by atoms with Crippen LogP contribution in [0.3, 0.4) is 0 Å². The summed E-state index contributed by atoms with van der Waals surface area (Å²) in [5, 5.41) is 0. The third-order valence-electron chi connectivity index (χ3n) is 3.61. The maximum absolute atomic E-state index is 12.5. The van der Waals surface area contributed by atoms with E-state index in [2.05, 4.69) is 30.9 Å². The number of benzene rings is 1. The molecule has 0 radical (unpaired) electrons. The van der Waals surface area contributed by atoms with E-state index < -0.39 is 0 Å². The van der Waals surface area contributed by atoms with E-state index in [1.54, 1.807) is 0 Å². The molecule has 0 saturated carbocycles. The first kappa shape index (κ1) is 16.7. The van der Waals surface area contributed by atoms with E-state index in [1.165, 1.54) is 5.56 Å². The van der Waals surface area contributed by atoms with Gasteiger partial charge in [0, 0.05) is 13.0 Å². The van der Waals surface area contributed by atoms with E-state index >= 15 is 0 Å². The van der Waals surface area contributed by atoms with Crippen LogP contribution in [0.1, 0.15) is 57.6 Å². The molecular weight excluding hydrogens is 248 g/mol. The summed E-state index contributed by atoms with van der Waals surface area (Å²) in [4.78, 5) is 14.5. The molecule has 0 fully saturated rings. The molecule has 112 valence electrons. The summed E-state index contributed by atoms with van der Waals surface area (Å²) in [5.74, 6) is 0.236. The summed E-state index contributed by atoms with van der Waals surface area (Å²) >= 11 is 0. The lowest BCUT2D eigenvalue weighted by molar-refractivity contribution is -0.134. The van der Waals surface area contributed by atoms with E-state index in [9.17, 15) is 4.79 Å². The molecule has 1 atom stereocenters. The number of carbonyl (C=O) groups excluding carboxylic acids is 1. The van der Waals surface area contributed by atoms with Gasteiger partial charge in [0.15, 0.2) is 0 Å². The summed E-state index contributed by atoms with van der Waals surface area (Å²) in [6.07, 6.45) is 4.43. The van der Waals surface area contributed by atoms with Crippen molar-refractivity contribution in [2.24, 2.45) is 5.73 Å². The van der Waals surface area contributed by atoms with Gasteiger partial charge in [-0.3, -0.25) is 4.79 Å². The molecule has 1 amide bonds. The Morgan fingerprint density at radius 1 is 1.20 bits per heavy atom. The van der Waals surface area contributed by atoms with Crippen molar-refractivity contribution >= 4 is 5.91 Å². The van der Waals surface area contributed by atoms with Gasteiger partial charge < -0.3 is 10.6 Å². The van der Waals surface area contributed by atoms with Crippen LogP contribution in [0.4, 0.5) is 0 Å². The third-order valence-corrected chi connectivity index (χ3v) is 3.61. The average Bonchev–Trinajstić information content (AvgIpc) is 2.50. The van der Waals surface area contributed by atoms with Crippen molar-refractivity contribution in [3.63, 3.8) is 0 Å². The molecule has 0 aliphatic carbocycles. The fourth-order valence-electron chi connectivity index (χ4n) is 2.49. The van der Waals surface area contributed by atoms with Crippen LogP contribution in [0, 0.1) is 0 Å². The maximum Gasteiger partial charge on any atom is 0.223 e. The molecule has 3 heteroatoms. The van der Waals surface area contributed by atoms with Crippen LogP contribution >= 0.6 is 0 Å². The smallest absolute Gasteiger partial charge is 0.223 e. The number of hydrogen-bond donors (Lipinski definition) is 1. The number of nitrogens with zero attached hydrogens (tertiary/aromatic N) is 1. The summed E-state index contributed by atoms with van der Waals surface area (Å²) in [7, 11) is 0. The van der Waals surface area contributed by atoms with Crippen LogP contribution in [0.15, 0.2) is 30.3 Å². The lowest BCUT2D eigenvalue weighted by Gasteiger charge is -2.32. The van der Waals surface area contributed by atoms with Crippen molar-refractivity contribution in [2.75, 3.05) is 13.1 Å². The number of amides is 1. The van der Waals surface area contributed by atoms with E-state index in [-0.39, 0.29) is 11.9 Å². The second-order valence-corrected chi connectivity index (χ2v) is 5.17. The number of rotatable bonds is 9. The highest BCUT2D eigenvalue weighted by Gasteiger charge is 2.22. The Morgan fingerprint density at radius 2 is 1.90 bits per heavy atom. The highest BCUT2D eigenvalue weighted by molar-refractivity contribution is 5.76. The highest BCUT2D eigenvalue weighted by Crippen LogP contribution is 2.25. The van der Waals surface area contributed by atoms with Crippen molar-refractivity contribution in [3.05, 3.63) is 35.9 Å². The molecule has 0 heterocycles. The Balaban J connectivity index is 2.85. The van der Waals surface area contributed by atoms with Crippen molar-refractivity contribution in [3.8, 4) is 0 Å². The predicted octanol–water partition coefficient (Wildman–Crippen LogP) is 3.51. The van der Waals surface area contributed by atoms with Crippen molar-refractivity contribution in [2.45, 2.75) is 52.0 Å². The highest BCUT2D eigenvalue weighted by atomic mass is 16.2. The molecule has 0 bridgehead atoms. The van der Waals surface area contributed by atoms with Crippen molar-refractivity contribution < 1.29 is 4.79 Å². The SMILES string of the molecule is CCCCN(C(=O)CCCN)C(CC)c1ccccc1. The van der Waals surface area contributed by atoms with Crippen LogP contribution in [-0.4, -0.2) is 23.9 Å². The molecule has 3 nitrogen and oxygen atoms in total. The molecule has 0 spiro atoms. The molecule has 0 saturated heterocycles. The van der Waals surface area contributed by atoms with Gasteiger partial charge in [-0.1, -0.05) is 50.6 Å². The van der Waals surface area contributed by atoms with Gasteiger partial charge in [-0.2, -0.15) is 0 Å². The minimum absolute atomic E-state index is 0.188. The molecule has 20 heavy (non-hydrogen) atoms. The largest absolute Gasteiger partial charge is 0.336 e. The molecule has 1 rings (SSSR count). The number of carbonyl (C=O) groups is 1. The summed E-state index contributed by atoms with van der Waals surface area (Å²) in [6.45, 7) is 5.72. The Kier molecular flexibility index (Phi) is 7.97. The lowest BCUT2D eigenvalue weighted by atomic mass is 10.0. The Bertz CT molecular complexity index is 378. The lowest BCUT2D eigenvalue weighted by Crippen LogP contribution is -2.35. The second-order valence-electron chi connectivity index (χ2n) is 5.17. The monoisotopic (exact) mass is 276 g/mol. The molecule has 1 aromatic carbocycles. The minimum Gasteiger partial charge on any atom is -0.336 e. The van der Waals surface area contributed by atoms with Gasteiger partial charge in [0.25, 0.3) is 0 Å². The summed E-state index contributed by atoms with van der Waals surface area (Å²) in [6, 6.07) is 10.5. The zero-order valence-corrected chi connectivity index (χ0v) is 12.8. The van der Waals surface area contributed by atoms with Crippen LogP contribution in [0.25, 0.3) is 0 Å². The van der Waals surface area contributed by atoms with Crippen LogP contribution < -0.4 is 5.73 Å². The van der Waals surface area contributed by atoms with E-state index in [0.717, 1.165) is 32.2 Å². The first-order valence-corrected chi connectivity index (χ1v) is 7.79. The van der Waals surface area contributed by atoms with Crippen LogP contribution in [0.2, 0.25) is 0 Å². The van der Waals surface area contributed by atoms with Crippen LogP contribution in [-0.2, 0) is 4.79 Å². The van der Waals surface area contributed by atoms with E-state index in [0.29, 0.717) is 13.0 Å². The van der Waals surface area contributed by atoms with E-state index in [1.807, 2.05) is 18.2 Å². The number of unbranched alkanes of at least 4 members (excludes halogenated alkanes) is 1. The maximum atomic E-state index is 12.5. The van der Waals surface area contributed by atoms with Gasteiger partial charge in [-0.15, -0.1) is 0 Å². The Hall–Kier alpha value is -1.35.